The quantitative estimate of drug-likeness (QED) is 0.441. The van der Waals surface area contributed by atoms with Gasteiger partial charge in [0.1, 0.15) is 0 Å². The standard InChI is InChI=1S/C17H36N2O/c1-6-11-12-13-14(7-2)17(9-4,10-5)16(20)19-15(18)8-3/h14-15H,6-13,18H2,1-5H3,(H,19,20). The monoisotopic (exact) mass is 284 g/mol. The molecule has 2 unspecified atom stereocenters. The second kappa shape index (κ2) is 10.2. The summed E-state index contributed by atoms with van der Waals surface area (Å²) >= 11 is 0. The minimum absolute atomic E-state index is 0.167. The summed E-state index contributed by atoms with van der Waals surface area (Å²) in [6, 6.07) is 0. The molecule has 0 fully saturated rings. The van der Waals surface area contributed by atoms with E-state index < -0.39 is 0 Å². The predicted octanol–water partition coefficient (Wildman–Crippen LogP) is 4.21. The van der Waals surface area contributed by atoms with Crippen LogP contribution in [-0.2, 0) is 4.79 Å². The van der Waals surface area contributed by atoms with Crippen molar-refractivity contribution in [2.45, 2.75) is 92.2 Å². The molecule has 0 aliphatic rings. The van der Waals surface area contributed by atoms with E-state index in [1.807, 2.05) is 6.92 Å². The molecule has 3 nitrogen and oxygen atoms in total. The Morgan fingerprint density at radius 2 is 1.65 bits per heavy atom. The third-order valence-corrected chi connectivity index (χ3v) is 4.90. The van der Waals surface area contributed by atoms with E-state index in [2.05, 4.69) is 33.0 Å². The first-order chi connectivity index (χ1) is 9.52. The lowest BCUT2D eigenvalue weighted by atomic mass is 9.67. The average Bonchev–Trinajstić information content (AvgIpc) is 2.46. The first-order valence-electron chi connectivity index (χ1n) is 8.58. The molecule has 120 valence electrons. The summed E-state index contributed by atoms with van der Waals surface area (Å²) < 4.78 is 0. The van der Waals surface area contributed by atoms with Crippen LogP contribution in [0.3, 0.4) is 0 Å². The Bertz CT molecular complexity index is 262. The van der Waals surface area contributed by atoms with Crippen molar-refractivity contribution in [3.8, 4) is 0 Å². The minimum atomic E-state index is -0.241. The van der Waals surface area contributed by atoms with Gasteiger partial charge in [0, 0.05) is 0 Å². The summed E-state index contributed by atoms with van der Waals surface area (Å²) in [6.45, 7) is 10.7. The van der Waals surface area contributed by atoms with Gasteiger partial charge in [-0.3, -0.25) is 4.79 Å². The molecule has 0 radical (unpaired) electrons. The summed E-state index contributed by atoms with van der Waals surface area (Å²) in [5.41, 5.74) is 5.67. The van der Waals surface area contributed by atoms with Crippen LogP contribution in [0.15, 0.2) is 0 Å². The number of nitrogens with one attached hydrogen (secondary N) is 1. The molecule has 3 N–H and O–H groups in total. The molecule has 0 aliphatic heterocycles. The Labute approximate surface area is 126 Å². The molecule has 0 aromatic carbocycles. The van der Waals surface area contributed by atoms with E-state index >= 15 is 0 Å². The van der Waals surface area contributed by atoms with E-state index in [-0.39, 0.29) is 17.5 Å². The Hall–Kier alpha value is -0.570. The summed E-state index contributed by atoms with van der Waals surface area (Å²) in [5, 5.41) is 3.02. The number of amides is 1. The van der Waals surface area contributed by atoms with Gasteiger partial charge in [-0.15, -0.1) is 0 Å². The highest BCUT2D eigenvalue weighted by Gasteiger charge is 2.41. The van der Waals surface area contributed by atoms with Crippen LogP contribution in [0.25, 0.3) is 0 Å². The van der Waals surface area contributed by atoms with Gasteiger partial charge >= 0.3 is 0 Å². The van der Waals surface area contributed by atoms with Gasteiger partial charge in [-0.2, -0.15) is 0 Å². The average molecular weight is 284 g/mol. The van der Waals surface area contributed by atoms with Gasteiger partial charge in [0.25, 0.3) is 0 Å². The van der Waals surface area contributed by atoms with Crippen LogP contribution in [-0.4, -0.2) is 12.1 Å². The first kappa shape index (κ1) is 19.4. The fraction of sp³-hybridized carbons (Fsp3) is 0.941. The number of hydrogen-bond acceptors (Lipinski definition) is 2. The molecule has 0 aliphatic carbocycles. The van der Waals surface area contributed by atoms with Crippen molar-refractivity contribution in [3.05, 3.63) is 0 Å². The van der Waals surface area contributed by atoms with Crippen LogP contribution < -0.4 is 11.1 Å². The van der Waals surface area contributed by atoms with Gasteiger partial charge in [-0.1, -0.05) is 60.3 Å². The maximum absolute atomic E-state index is 12.7. The highest BCUT2D eigenvalue weighted by Crippen LogP contribution is 2.40. The molecule has 3 heteroatoms. The molecule has 0 rings (SSSR count). The van der Waals surface area contributed by atoms with Crippen LogP contribution in [0, 0.1) is 11.3 Å². The molecule has 0 aromatic rings. The normalized spacial score (nSPS) is 14.9. The van der Waals surface area contributed by atoms with E-state index in [1.54, 1.807) is 0 Å². The number of unbranched alkanes of at least 4 members (excludes halogenated alkanes) is 2. The van der Waals surface area contributed by atoms with Gasteiger partial charge < -0.3 is 11.1 Å². The van der Waals surface area contributed by atoms with Crippen molar-refractivity contribution < 1.29 is 4.79 Å². The van der Waals surface area contributed by atoms with Crippen molar-refractivity contribution in [2.24, 2.45) is 17.1 Å². The zero-order valence-corrected chi connectivity index (χ0v) is 14.3. The molecule has 0 heterocycles. The fourth-order valence-electron chi connectivity index (χ4n) is 3.26. The molecule has 0 saturated heterocycles. The van der Waals surface area contributed by atoms with Crippen LogP contribution >= 0.6 is 0 Å². The number of hydrogen-bond donors (Lipinski definition) is 2. The number of rotatable bonds is 11. The van der Waals surface area contributed by atoms with Crippen LogP contribution in [0.2, 0.25) is 0 Å². The van der Waals surface area contributed by atoms with Crippen LogP contribution in [0.5, 0.6) is 0 Å². The van der Waals surface area contributed by atoms with Crippen molar-refractivity contribution in [3.63, 3.8) is 0 Å². The Balaban J connectivity index is 4.97. The second-order valence-electron chi connectivity index (χ2n) is 5.95. The third-order valence-electron chi connectivity index (χ3n) is 4.90. The van der Waals surface area contributed by atoms with Crippen molar-refractivity contribution in [1.82, 2.24) is 5.32 Å². The number of carbonyl (C=O) groups is 1. The van der Waals surface area contributed by atoms with Crippen LogP contribution in [0.1, 0.15) is 86.0 Å². The molecule has 0 aromatic heterocycles. The van der Waals surface area contributed by atoms with Gasteiger partial charge in [-0.25, -0.2) is 0 Å². The SMILES string of the molecule is CCCCCC(CC)C(CC)(CC)C(=O)NC(N)CC. The molecular formula is C17H36N2O. The zero-order valence-electron chi connectivity index (χ0n) is 14.3. The maximum atomic E-state index is 12.7. The molecule has 0 saturated carbocycles. The fourth-order valence-corrected chi connectivity index (χ4v) is 3.26. The third kappa shape index (κ3) is 5.08. The van der Waals surface area contributed by atoms with E-state index in [0.29, 0.717) is 5.92 Å². The number of carbonyl (C=O) groups excluding carboxylic acids is 1. The van der Waals surface area contributed by atoms with Crippen molar-refractivity contribution in [1.29, 1.82) is 0 Å². The minimum Gasteiger partial charge on any atom is -0.341 e. The summed E-state index contributed by atoms with van der Waals surface area (Å²) in [6.07, 6.45) is 8.30. The van der Waals surface area contributed by atoms with Crippen LogP contribution in [0.4, 0.5) is 0 Å². The first-order valence-corrected chi connectivity index (χ1v) is 8.58. The molecule has 2 atom stereocenters. The Kier molecular flexibility index (Phi) is 9.91. The van der Waals surface area contributed by atoms with Crippen molar-refractivity contribution >= 4 is 5.91 Å². The lowest BCUT2D eigenvalue weighted by Crippen LogP contribution is -2.51. The van der Waals surface area contributed by atoms with E-state index in [0.717, 1.165) is 32.1 Å². The Morgan fingerprint density at radius 3 is 2.05 bits per heavy atom. The smallest absolute Gasteiger partial charge is 0.227 e. The molecule has 0 bridgehead atoms. The van der Waals surface area contributed by atoms with Gasteiger partial charge in [0.15, 0.2) is 0 Å². The highest BCUT2D eigenvalue weighted by atomic mass is 16.2. The summed E-state index contributed by atoms with van der Waals surface area (Å²) in [7, 11) is 0. The maximum Gasteiger partial charge on any atom is 0.227 e. The predicted molar refractivity (Wildman–Crippen MR) is 87.3 cm³/mol. The topological polar surface area (TPSA) is 55.1 Å². The molecular weight excluding hydrogens is 248 g/mol. The van der Waals surface area contributed by atoms with E-state index in [4.69, 9.17) is 5.73 Å². The Morgan fingerprint density at radius 1 is 1.05 bits per heavy atom. The van der Waals surface area contributed by atoms with E-state index in [1.165, 1.54) is 19.3 Å². The summed E-state index contributed by atoms with van der Waals surface area (Å²) in [5.74, 6) is 0.633. The second-order valence-corrected chi connectivity index (χ2v) is 5.95. The lowest BCUT2D eigenvalue weighted by Gasteiger charge is -2.39. The van der Waals surface area contributed by atoms with Gasteiger partial charge in [0.05, 0.1) is 11.6 Å². The molecule has 20 heavy (non-hydrogen) atoms. The van der Waals surface area contributed by atoms with E-state index in [9.17, 15) is 4.79 Å². The van der Waals surface area contributed by atoms with Gasteiger partial charge in [-0.05, 0) is 31.6 Å². The zero-order chi connectivity index (χ0) is 15.6. The largest absolute Gasteiger partial charge is 0.341 e. The summed E-state index contributed by atoms with van der Waals surface area (Å²) in [4.78, 5) is 12.7. The highest BCUT2D eigenvalue weighted by molar-refractivity contribution is 5.83. The number of nitrogens with two attached hydrogens (primary N) is 1. The van der Waals surface area contributed by atoms with Crippen molar-refractivity contribution in [2.75, 3.05) is 0 Å². The van der Waals surface area contributed by atoms with Gasteiger partial charge in [0.2, 0.25) is 5.91 Å². The molecule has 1 amide bonds. The molecule has 0 spiro atoms. The lowest BCUT2D eigenvalue weighted by molar-refractivity contribution is -0.136.